The van der Waals surface area contributed by atoms with Gasteiger partial charge in [-0.2, -0.15) is 0 Å². The van der Waals surface area contributed by atoms with E-state index in [1.54, 1.807) is 0 Å². The molecule has 4 heteroatoms. The second-order valence-corrected chi connectivity index (χ2v) is 5.07. The summed E-state index contributed by atoms with van der Waals surface area (Å²) in [5, 5.41) is 3.42. The molecule has 1 saturated heterocycles. The summed E-state index contributed by atoms with van der Waals surface area (Å²) in [5.74, 6) is -0.149. The fourth-order valence-electron chi connectivity index (χ4n) is 2.48. The monoisotopic (exact) mass is 262 g/mol. The van der Waals surface area contributed by atoms with Crippen LogP contribution in [0.25, 0.3) is 0 Å². The maximum atomic E-state index is 11.4. The molecule has 0 spiro atoms. The summed E-state index contributed by atoms with van der Waals surface area (Å²) in [7, 11) is 1.44. The number of rotatable bonds is 3. The molecule has 1 atom stereocenters. The van der Waals surface area contributed by atoms with Crippen molar-refractivity contribution < 1.29 is 9.53 Å². The lowest BCUT2D eigenvalue weighted by atomic mass is 10.1. The third-order valence-corrected chi connectivity index (χ3v) is 3.49. The van der Waals surface area contributed by atoms with Crippen LogP contribution in [0.1, 0.15) is 18.4 Å². The zero-order valence-corrected chi connectivity index (χ0v) is 11.7. The number of nitrogens with zero attached hydrogens (tertiary/aromatic N) is 1. The van der Waals surface area contributed by atoms with Crippen LogP contribution in [0.5, 0.6) is 0 Å². The molecule has 1 heterocycles. The van der Waals surface area contributed by atoms with Gasteiger partial charge in [0.25, 0.3) is 0 Å². The molecule has 1 fully saturated rings. The fourth-order valence-corrected chi connectivity index (χ4v) is 2.48. The molecule has 19 heavy (non-hydrogen) atoms. The average molecular weight is 262 g/mol. The molecule has 2 rings (SSSR count). The van der Waals surface area contributed by atoms with Crippen molar-refractivity contribution in [3.63, 3.8) is 0 Å². The van der Waals surface area contributed by atoms with E-state index in [2.05, 4.69) is 41.4 Å². The summed E-state index contributed by atoms with van der Waals surface area (Å²) in [6.07, 6.45) is 1.52. The highest BCUT2D eigenvalue weighted by molar-refractivity contribution is 5.70. The van der Waals surface area contributed by atoms with Gasteiger partial charge in [-0.05, 0) is 37.6 Å². The minimum atomic E-state index is -0.149. The van der Waals surface area contributed by atoms with Crippen LogP contribution in [0.15, 0.2) is 24.3 Å². The van der Waals surface area contributed by atoms with Crippen LogP contribution < -0.4 is 10.2 Å². The molecule has 0 radical (unpaired) electrons. The topological polar surface area (TPSA) is 41.6 Å². The number of carbonyl (C=O) groups is 1. The van der Waals surface area contributed by atoms with Gasteiger partial charge < -0.3 is 15.0 Å². The number of hydrogen-bond donors (Lipinski definition) is 1. The Morgan fingerprint density at radius 1 is 1.53 bits per heavy atom. The Morgan fingerprint density at radius 3 is 3.11 bits per heavy atom. The molecule has 1 aliphatic rings. The molecule has 0 amide bonds. The number of nitrogens with one attached hydrogen (secondary N) is 1. The highest BCUT2D eigenvalue weighted by Crippen LogP contribution is 2.18. The van der Waals surface area contributed by atoms with Gasteiger partial charge in [-0.3, -0.25) is 4.79 Å². The van der Waals surface area contributed by atoms with E-state index >= 15 is 0 Å². The lowest BCUT2D eigenvalue weighted by Gasteiger charge is -2.26. The average Bonchev–Trinajstić information content (AvgIpc) is 2.64. The van der Waals surface area contributed by atoms with Crippen molar-refractivity contribution in [1.82, 2.24) is 5.32 Å². The van der Waals surface area contributed by atoms with Crippen LogP contribution in [0.4, 0.5) is 5.69 Å². The summed E-state index contributed by atoms with van der Waals surface area (Å²) < 4.78 is 4.76. The summed E-state index contributed by atoms with van der Waals surface area (Å²) in [4.78, 5) is 13.8. The van der Waals surface area contributed by atoms with Crippen molar-refractivity contribution in [2.75, 3.05) is 31.6 Å². The molecule has 0 aliphatic carbocycles. The minimum Gasteiger partial charge on any atom is -0.469 e. The fraction of sp³-hybridized carbons (Fsp3) is 0.533. The molecule has 0 bridgehead atoms. The second-order valence-electron chi connectivity index (χ2n) is 5.07. The minimum absolute atomic E-state index is 0.149. The normalized spacial score (nSPS) is 19.9. The largest absolute Gasteiger partial charge is 0.469 e. The quantitative estimate of drug-likeness (QED) is 0.842. The first kappa shape index (κ1) is 13.9. The van der Waals surface area contributed by atoms with Gasteiger partial charge in [-0.25, -0.2) is 0 Å². The zero-order chi connectivity index (χ0) is 13.7. The molecule has 1 aromatic rings. The molecule has 1 N–H and O–H groups in total. The number of esters is 1. The van der Waals surface area contributed by atoms with Gasteiger partial charge in [-0.1, -0.05) is 12.1 Å². The molecule has 0 aromatic heterocycles. The van der Waals surface area contributed by atoms with Crippen LogP contribution in [0, 0.1) is 6.92 Å². The number of methoxy groups -OCH3 is 1. The van der Waals surface area contributed by atoms with Gasteiger partial charge in [-0.15, -0.1) is 0 Å². The van der Waals surface area contributed by atoms with Crippen molar-refractivity contribution in [3.8, 4) is 0 Å². The van der Waals surface area contributed by atoms with Gasteiger partial charge in [0.15, 0.2) is 0 Å². The predicted molar refractivity (Wildman–Crippen MR) is 76.4 cm³/mol. The van der Waals surface area contributed by atoms with Crippen molar-refractivity contribution in [2.45, 2.75) is 25.8 Å². The molecule has 1 aromatic carbocycles. The van der Waals surface area contributed by atoms with E-state index in [4.69, 9.17) is 4.74 Å². The zero-order valence-electron chi connectivity index (χ0n) is 11.7. The standard InChI is InChI=1S/C15H22N2O2/c1-12-5-3-6-14(9-12)17-8-4-7-16-13(11-17)10-15(18)19-2/h3,5-6,9,13,16H,4,7-8,10-11H2,1-2H3. The SMILES string of the molecule is COC(=O)CC1CN(c2cccc(C)c2)CCCN1. The smallest absolute Gasteiger partial charge is 0.307 e. The van der Waals surface area contributed by atoms with Crippen LogP contribution in [-0.4, -0.2) is 38.8 Å². The van der Waals surface area contributed by atoms with Crippen molar-refractivity contribution in [1.29, 1.82) is 0 Å². The van der Waals surface area contributed by atoms with E-state index in [1.807, 2.05) is 0 Å². The Kier molecular flexibility index (Phi) is 4.80. The number of benzene rings is 1. The van der Waals surface area contributed by atoms with Gasteiger partial charge >= 0.3 is 5.97 Å². The van der Waals surface area contributed by atoms with E-state index in [0.717, 1.165) is 26.1 Å². The molecule has 4 nitrogen and oxygen atoms in total. The van der Waals surface area contributed by atoms with Gasteiger partial charge in [0.05, 0.1) is 13.5 Å². The maximum absolute atomic E-state index is 11.4. The van der Waals surface area contributed by atoms with E-state index in [0.29, 0.717) is 6.42 Å². The third-order valence-electron chi connectivity index (χ3n) is 3.49. The van der Waals surface area contributed by atoms with Crippen LogP contribution >= 0.6 is 0 Å². The van der Waals surface area contributed by atoms with Crippen LogP contribution in [-0.2, 0) is 9.53 Å². The molecule has 1 aliphatic heterocycles. The Balaban J connectivity index is 2.06. The van der Waals surface area contributed by atoms with Crippen molar-refractivity contribution in [3.05, 3.63) is 29.8 Å². The Hall–Kier alpha value is -1.55. The lowest BCUT2D eigenvalue weighted by molar-refractivity contribution is -0.141. The van der Waals surface area contributed by atoms with Crippen molar-refractivity contribution >= 4 is 11.7 Å². The Bertz CT molecular complexity index is 434. The van der Waals surface area contributed by atoms with E-state index in [9.17, 15) is 4.79 Å². The Labute approximate surface area is 114 Å². The van der Waals surface area contributed by atoms with Crippen LogP contribution in [0.3, 0.4) is 0 Å². The maximum Gasteiger partial charge on any atom is 0.307 e. The third kappa shape index (κ3) is 3.96. The van der Waals surface area contributed by atoms with E-state index < -0.39 is 0 Å². The molecule has 0 saturated carbocycles. The number of anilines is 1. The second kappa shape index (κ2) is 6.57. The summed E-state index contributed by atoms with van der Waals surface area (Å²) >= 11 is 0. The summed E-state index contributed by atoms with van der Waals surface area (Å²) in [6.45, 7) is 4.92. The van der Waals surface area contributed by atoms with E-state index in [-0.39, 0.29) is 12.0 Å². The first-order chi connectivity index (χ1) is 9.19. The van der Waals surface area contributed by atoms with Crippen molar-refractivity contribution in [2.24, 2.45) is 0 Å². The highest BCUT2D eigenvalue weighted by Gasteiger charge is 2.20. The number of hydrogen-bond acceptors (Lipinski definition) is 4. The summed E-state index contributed by atoms with van der Waals surface area (Å²) in [6, 6.07) is 8.67. The number of ether oxygens (including phenoxy) is 1. The molecular weight excluding hydrogens is 240 g/mol. The first-order valence-corrected chi connectivity index (χ1v) is 6.81. The number of aryl methyl sites for hydroxylation is 1. The van der Waals surface area contributed by atoms with E-state index in [1.165, 1.54) is 18.4 Å². The number of carbonyl (C=O) groups excluding carboxylic acids is 1. The van der Waals surface area contributed by atoms with Crippen LogP contribution in [0.2, 0.25) is 0 Å². The highest BCUT2D eigenvalue weighted by atomic mass is 16.5. The Morgan fingerprint density at radius 2 is 2.37 bits per heavy atom. The van der Waals surface area contributed by atoms with Gasteiger partial charge in [0.2, 0.25) is 0 Å². The molecule has 1 unspecified atom stereocenters. The van der Waals surface area contributed by atoms with Gasteiger partial charge in [0, 0.05) is 24.8 Å². The van der Waals surface area contributed by atoms with Gasteiger partial charge in [0.1, 0.15) is 0 Å². The summed E-state index contributed by atoms with van der Waals surface area (Å²) in [5.41, 5.74) is 2.50. The predicted octanol–water partition coefficient (Wildman–Crippen LogP) is 1.73. The first-order valence-electron chi connectivity index (χ1n) is 6.81. The molecule has 104 valence electrons. The lowest BCUT2D eigenvalue weighted by Crippen LogP contribution is -2.39. The molecular formula is C15H22N2O2.